The van der Waals surface area contributed by atoms with E-state index in [1.165, 1.54) is 0 Å². The Labute approximate surface area is 110 Å². The van der Waals surface area contributed by atoms with E-state index in [0.29, 0.717) is 12.8 Å². The van der Waals surface area contributed by atoms with Gasteiger partial charge in [0.2, 0.25) is 5.92 Å². The first-order chi connectivity index (χ1) is 9.12. The van der Waals surface area contributed by atoms with Crippen LogP contribution in [0.15, 0.2) is 30.6 Å². The Kier molecular flexibility index (Phi) is 3.17. The molecule has 100 valence electrons. The Hall–Kier alpha value is -1.58. The number of hydrogen-bond donors (Lipinski definition) is 0. The molecule has 1 aliphatic rings. The SMILES string of the molecule is FC1(F)CCCC(Cc2ccc3nccnc3c2)C1. The number of aromatic nitrogens is 2. The van der Waals surface area contributed by atoms with E-state index in [2.05, 4.69) is 9.97 Å². The molecule has 0 aliphatic heterocycles. The summed E-state index contributed by atoms with van der Waals surface area (Å²) in [5.74, 6) is -2.39. The first-order valence-electron chi connectivity index (χ1n) is 6.70. The molecule has 19 heavy (non-hydrogen) atoms. The van der Waals surface area contributed by atoms with E-state index >= 15 is 0 Å². The highest BCUT2D eigenvalue weighted by Crippen LogP contribution is 2.38. The van der Waals surface area contributed by atoms with Crippen LogP contribution in [0.4, 0.5) is 8.78 Å². The zero-order valence-electron chi connectivity index (χ0n) is 10.6. The average molecular weight is 262 g/mol. The van der Waals surface area contributed by atoms with Crippen molar-refractivity contribution in [2.45, 2.75) is 38.0 Å². The second kappa shape index (κ2) is 4.83. The number of rotatable bonds is 2. The molecule has 1 aromatic heterocycles. The summed E-state index contributed by atoms with van der Waals surface area (Å²) in [5, 5.41) is 0. The molecule has 1 aliphatic carbocycles. The number of benzene rings is 1. The number of fused-ring (bicyclic) bond motifs is 1. The lowest BCUT2D eigenvalue weighted by Crippen LogP contribution is -2.27. The molecule has 1 heterocycles. The molecule has 3 rings (SSSR count). The molecule has 2 nitrogen and oxygen atoms in total. The number of halogens is 2. The molecule has 4 heteroatoms. The third kappa shape index (κ3) is 2.88. The fourth-order valence-corrected chi connectivity index (χ4v) is 2.92. The Balaban J connectivity index is 1.77. The van der Waals surface area contributed by atoms with Gasteiger partial charge in [-0.1, -0.05) is 6.07 Å². The highest BCUT2D eigenvalue weighted by Gasteiger charge is 2.35. The van der Waals surface area contributed by atoms with Gasteiger partial charge in [-0.2, -0.15) is 0 Å². The highest BCUT2D eigenvalue weighted by atomic mass is 19.3. The van der Waals surface area contributed by atoms with Crippen molar-refractivity contribution in [1.29, 1.82) is 0 Å². The van der Waals surface area contributed by atoms with Gasteiger partial charge < -0.3 is 0 Å². The van der Waals surface area contributed by atoms with Crippen molar-refractivity contribution >= 4 is 11.0 Å². The predicted molar refractivity (Wildman–Crippen MR) is 70.1 cm³/mol. The maximum absolute atomic E-state index is 13.4. The zero-order valence-corrected chi connectivity index (χ0v) is 10.6. The first-order valence-corrected chi connectivity index (χ1v) is 6.70. The molecule has 1 fully saturated rings. The van der Waals surface area contributed by atoms with Crippen molar-refractivity contribution in [2.75, 3.05) is 0 Å². The van der Waals surface area contributed by atoms with Gasteiger partial charge in [-0.3, -0.25) is 9.97 Å². The van der Waals surface area contributed by atoms with Crippen molar-refractivity contribution in [2.24, 2.45) is 5.92 Å². The molecule has 0 N–H and O–H groups in total. The lowest BCUT2D eigenvalue weighted by molar-refractivity contribution is -0.0521. The van der Waals surface area contributed by atoms with Crippen molar-refractivity contribution in [3.05, 3.63) is 36.2 Å². The van der Waals surface area contributed by atoms with Crippen LogP contribution in [-0.2, 0) is 6.42 Å². The average Bonchev–Trinajstić information content (AvgIpc) is 2.37. The summed E-state index contributed by atoms with van der Waals surface area (Å²) < 4.78 is 26.8. The Morgan fingerprint density at radius 2 is 1.95 bits per heavy atom. The van der Waals surface area contributed by atoms with Crippen molar-refractivity contribution in [1.82, 2.24) is 9.97 Å². The Morgan fingerprint density at radius 3 is 2.74 bits per heavy atom. The second-order valence-electron chi connectivity index (χ2n) is 5.40. The van der Waals surface area contributed by atoms with Gasteiger partial charge in [0.05, 0.1) is 11.0 Å². The molecule has 0 saturated heterocycles. The molecule has 1 saturated carbocycles. The molecule has 2 aromatic rings. The van der Waals surface area contributed by atoms with Crippen molar-refractivity contribution < 1.29 is 8.78 Å². The van der Waals surface area contributed by atoms with Crippen LogP contribution in [0.25, 0.3) is 11.0 Å². The monoisotopic (exact) mass is 262 g/mol. The zero-order chi connectivity index (χ0) is 13.3. The van der Waals surface area contributed by atoms with Gasteiger partial charge in [-0.25, -0.2) is 8.78 Å². The smallest absolute Gasteiger partial charge is 0.248 e. The minimum absolute atomic E-state index is 0.0194. The van der Waals surface area contributed by atoms with Gasteiger partial charge in [0.25, 0.3) is 0 Å². The van der Waals surface area contributed by atoms with Gasteiger partial charge in [-0.05, 0) is 42.9 Å². The summed E-state index contributed by atoms with van der Waals surface area (Å²) in [6.07, 6.45) is 5.62. The van der Waals surface area contributed by atoms with Crippen LogP contribution in [0.1, 0.15) is 31.2 Å². The van der Waals surface area contributed by atoms with Crippen LogP contribution in [0.5, 0.6) is 0 Å². The van der Waals surface area contributed by atoms with Crippen LogP contribution in [0.2, 0.25) is 0 Å². The molecule has 0 bridgehead atoms. The molecule has 0 radical (unpaired) electrons. The molecule has 0 spiro atoms. The highest BCUT2D eigenvalue weighted by molar-refractivity contribution is 5.74. The Morgan fingerprint density at radius 1 is 1.16 bits per heavy atom. The van der Waals surface area contributed by atoms with Gasteiger partial charge in [0.1, 0.15) is 0 Å². The third-order valence-electron chi connectivity index (χ3n) is 3.80. The normalized spacial score (nSPS) is 22.5. The van der Waals surface area contributed by atoms with E-state index < -0.39 is 5.92 Å². The minimum Gasteiger partial charge on any atom is -0.253 e. The van der Waals surface area contributed by atoms with Gasteiger partial charge >= 0.3 is 0 Å². The van der Waals surface area contributed by atoms with Crippen LogP contribution in [-0.4, -0.2) is 15.9 Å². The van der Waals surface area contributed by atoms with E-state index in [4.69, 9.17) is 0 Å². The maximum atomic E-state index is 13.4. The van der Waals surface area contributed by atoms with E-state index in [1.54, 1.807) is 12.4 Å². The summed E-state index contributed by atoms with van der Waals surface area (Å²) in [6, 6.07) is 5.86. The molecule has 1 aromatic carbocycles. The summed E-state index contributed by atoms with van der Waals surface area (Å²) >= 11 is 0. The lowest BCUT2D eigenvalue weighted by atomic mass is 9.82. The third-order valence-corrected chi connectivity index (χ3v) is 3.80. The topological polar surface area (TPSA) is 25.8 Å². The molecular formula is C15H16F2N2. The fourth-order valence-electron chi connectivity index (χ4n) is 2.92. The van der Waals surface area contributed by atoms with E-state index in [-0.39, 0.29) is 18.8 Å². The van der Waals surface area contributed by atoms with Crippen molar-refractivity contribution in [3.8, 4) is 0 Å². The molecule has 0 amide bonds. The summed E-state index contributed by atoms with van der Waals surface area (Å²) in [6.45, 7) is 0. The first kappa shape index (κ1) is 12.5. The van der Waals surface area contributed by atoms with Crippen LogP contribution in [0, 0.1) is 5.92 Å². The molecular weight excluding hydrogens is 246 g/mol. The largest absolute Gasteiger partial charge is 0.253 e. The number of hydrogen-bond acceptors (Lipinski definition) is 2. The number of alkyl halides is 2. The fraction of sp³-hybridized carbons (Fsp3) is 0.467. The number of nitrogens with zero attached hydrogens (tertiary/aromatic N) is 2. The van der Waals surface area contributed by atoms with E-state index in [1.807, 2.05) is 18.2 Å². The summed E-state index contributed by atoms with van der Waals surface area (Å²) in [5.41, 5.74) is 2.76. The minimum atomic E-state index is -2.47. The maximum Gasteiger partial charge on any atom is 0.248 e. The van der Waals surface area contributed by atoms with Crippen LogP contribution in [0.3, 0.4) is 0 Å². The Bertz CT molecular complexity index is 583. The van der Waals surface area contributed by atoms with E-state index in [0.717, 1.165) is 23.0 Å². The predicted octanol–water partition coefficient (Wildman–Crippen LogP) is 4.00. The van der Waals surface area contributed by atoms with Crippen LogP contribution >= 0.6 is 0 Å². The standard InChI is InChI=1S/C15H16F2N2/c16-15(17)5-1-2-12(10-15)8-11-3-4-13-14(9-11)19-7-6-18-13/h3-4,6-7,9,12H,1-2,5,8,10H2. The van der Waals surface area contributed by atoms with E-state index in [9.17, 15) is 8.78 Å². The van der Waals surface area contributed by atoms with Crippen molar-refractivity contribution in [3.63, 3.8) is 0 Å². The summed E-state index contributed by atoms with van der Waals surface area (Å²) in [4.78, 5) is 8.46. The summed E-state index contributed by atoms with van der Waals surface area (Å²) in [7, 11) is 0. The second-order valence-corrected chi connectivity index (χ2v) is 5.40. The lowest BCUT2D eigenvalue weighted by Gasteiger charge is -2.28. The van der Waals surface area contributed by atoms with Crippen LogP contribution < -0.4 is 0 Å². The quantitative estimate of drug-likeness (QED) is 0.817. The molecule has 1 unspecified atom stereocenters. The molecule has 1 atom stereocenters. The van der Waals surface area contributed by atoms with Gasteiger partial charge in [0.15, 0.2) is 0 Å². The van der Waals surface area contributed by atoms with Gasteiger partial charge in [0, 0.05) is 25.2 Å². The van der Waals surface area contributed by atoms with Gasteiger partial charge in [-0.15, -0.1) is 0 Å².